The predicted molar refractivity (Wildman–Crippen MR) is 80.5 cm³/mol. The van der Waals surface area contributed by atoms with Crippen LogP contribution in [0.5, 0.6) is 0 Å². The number of carbonyl (C=O) groups is 1. The summed E-state index contributed by atoms with van der Waals surface area (Å²) in [4.78, 5) is 16.5. The molecular formula is C14H16Cl2N2O2. The van der Waals surface area contributed by atoms with E-state index in [0.717, 1.165) is 11.3 Å². The molecule has 108 valence electrons. The fourth-order valence-corrected chi connectivity index (χ4v) is 2.57. The zero-order valence-corrected chi connectivity index (χ0v) is 12.9. The minimum atomic E-state index is -0.461. The number of para-hydroxylation sites is 1. The van der Waals surface area contributed by atoms with Gasteiger partial charge < -0.3 is 9.30 Å². The first-order valence-corrected chi connectivity index (χ1v) is 7.39. The molecule has 0 N–H and O–H groups in total. The van der Waals surface area contributed by atoms with Crippen LogP contribution in [0.25, 0.3) is 11.0 Å². The number of carbonyl (C=O) groups excluding carboxylic acids is 1. The number of aryl methyl sites for hydroxylation is 1. The van der Waals surface area contributed by atoms with Crippen molar-refractivity contribution in [1.29, 1.82) is 0 Å². The summed E-state index contributed by atoms with van der Waals surface area (Å²) in [7, 11) is 0. The quantitative estimate of drug-likeness (QED) is 0.625. The Balaban J connectivity index is 2.56. The van der Waals surface area contributed by atoms with Crippen LogP contribution in [0.1, 0.15) is 25.7 Å². The number of ether oxygens (including phenoxy) is 1. The molecule has 2 rings (SSSR count). The minimum Gasteiger partial charge on any atom is -0.464 e. The van der Waals surface area contributed by atoms with Crippen molar-refractivity contribution in [3.63, 3.8) is 0 Å². The van der Waals surface area contributed by atoms with Gasteiger partial charge in [0, 0.05) is 12.3 Å². The molecule has 0 saturated carbocycles. The Morgan fingerprint density at radius 2 is 2.25 bits per heavy atom. The highest BCUT2D eigenvalue weighted by molar-refractivity contribution is 6.34. The molecule has 0 saturated heterocycles. The fourth-order valence-electron chi connectivity index (χ4n) is 2.19. The van der Waals surface area contributed by atoms with E-state index >= 15 is 0 Å². The van der Waals surface area contributed by atoms with Gasteiger partial charge in [0.25, 0.3) is 0 Å². The van der Waals surface area contributed by atoms with Gasteiger partial charge in [-0.1, -0.05) is 17.7 Å². The summed E-state index contributed by atoms with van der Waals surface area (Å²) in [6.45, 7) is 3.92. The molecule has 6 heteroatoms. The van der Waals surface area contributed by atoms with Gasteiger partial charge in [-0.3, -0.25) is 0 Å². The van der Waals surface area contributed by atoms with Crippen LogP contribution in [0.2, 0.25) is 5.02 Å². The molecule has 0 aliphatic rings. The van der Waals surface area contributed by atoms with E-state index in [2.05, 4.69) is 4.98 Å². The lowest BCUT2D eigenvalue weighted by molar-refractivity contribution is -0.146. The highest BCUT2D eigenvalue weighted by atomic mass is 35.5. The average molecular weight is 315 g/mol. The molecule has 1 heterocycles. The van der Waals surface area contributed by atoms with E-state index < -0.39 is 6.04 Å². The van der Waals surface area contributed by atoms with Gasteiger partial charge in [0.1, 0.15) is 17.4 Å². The summed E-state index contributed by atoms with van der Waals surface area (Å²) in [6, 6.07) is 5.05. The van der Waals surface area contributed by atoms with Gasteiger partial charge in [-0.15, -0.1) is 11.6 Å². The third-order valence-electron chi connectivity index (χ3n) is 3.08. The number of hydrogen-bond donors (Lipinski definition) is 0. The third-order valence-corrected chi connectivity index (χ3v) is 3.57. The SMILES string of the molecule is CCOC(=O)C(C)n1c(CCCl)nc2c(Cl)cccc21. The number of imidazole rings is 1. The van der Waals surface area contributed by atoms with Crippen molar-refractivity contribution < 1.29 is 9.53 Å². The Hall–Kier alpha value is -1.26. The highest BCUT2D eigenvalue weighted by Gasteiger charge is 2.22. The van der Waals surface area contributed by atoms with Gasteiger partial charge in [0.2, 0.25) is 0 Å². The zero-order chi connectivity index (χ0) is 14.7. The average Bonchev–Trinajstić information content (AvgIpc) is 2.78. The van der Waals surface area contributed by atoms with Crippen molar-refractivity contribution in [2.24, 2.45) is 0 Å². The summed E-state index contributed by atoms with van der Waals surface area (Å²) in [6.07, 6.45) is 0.566. The molecule has 0 bridgehead atoms. The Morgan fingerprint density at radius 3 is 2.90 bits per heavy atom. The Morgan fingerprint density at radius 1 is 1.50 bits per heavy atom. The van der Waals surface area contributed by atoms with Crippen LogP contribution in [0.15, 0.2) is 18.2 Å². The molecule has 0 fully saturated rings. The van der Waals surface area contributed by atoms with E-state index in [-0.39, 0.29) is 5.97 Å². The first-order valence-electron chi connectivity index (χ1n) is 6.48. The molecule has 0 amide bonds. The van der Waals surface area contributed by atoms with Crippen LogP contribution < -0.4 is 0 Å². The van der Waals surface area contributed by atoms with Crippen LogP contribution >= 0.6 is 23.2 Å². The molecule has 1 atom stereocenters. The predicted octanol–water partition coefficient (Wildman–Crippen LogP) is 3.60. The number of aromatic nitrogens is 2. The molecule has 0 aliphatic carbocycles. The number of fused-ring (bicyclic) bond motifs is 1. The van der Waals surface area contributed by atoms with Crippen molar-refractivity contribution in [2.45, 2.75) is 26.3 Å². The first-order chi connectivity index (χ1) is 9.60. The molecule has 4 nitrogen and oxygen atoms in total. The van der Waals surface area contributed by atoms with E-state index in [4.69, 9.17) is 27.9 Å². The van der Waals surface area contributed by atoms with Crippen LogP contribution in [0.4, 0.5) is 0 Å². The third kappa shape index (κ3) is 2.76. The number of nitrogens with zero attached hydrogens (tertiary/aromatic N) is 2. The Kier molecular flexibility index (Phi) is 4.89. The van der Waals surface area contributed by atoms with E-state index in [1.807, 2.05) is 16.7 Å². The largest absolute Gasteiger partial charge is 0.464 e. The van der Waals surface area contributed by atoms with Crippen LogP contribution in [0, 0.1) is 0 Å². The van der Waals surface area contributed by atoms with Gasteiger partial charge in [0.05, 0.1) is 17.1 Å². The molecule has 20 heavy (non-hydrogen) atoms. The van der Waals surface area contributed by atoms with Gasteiger partial charge >= 0.3 is 5.97 Å². The summed E-state index contributed by atoms with van der Waals surface area (Å²) < 4.78 is 6.94. The maximum Gasteiger partial charge on any atom is 0.328 e. The second-order valence-corrected chi connectivity index (χ2v) is 5.16. The van der Waals surface area contributed by atoms with Crippen molar-refractivity contribution in [3.8, 4) is 0 Å². The smallest absolute Gasteiger partial charge is 0.328 e. The number of benzene rings is 1. The molecule has 1 unspecified atom stereocenters. The Bertz CT molecular complexity index is 625. The second-order valence-electron chi connectivity index (χ2n) is 4.37. The molecule has 2 aromatic rings. The number of esters is 1. The van der Waals surface area contributed by atoms with Crippen LogP contribution in [-0.2, 0) is 16.0 Å². The molecule has 1 aromatic heterocycles. The molecule has 0 radical (unpaired) electrons. The summed E-state index contributed by atoms with van der Waals surface area (Å²) in [5, 5.41) is 0.563. The lowest BCUT2D eigenvalue weighted by Crippen LogP contribution is -2.21. The van der Waals surface area contributed by atoms with Gasteiger partial charge in [-0.2, -0.15) is 0 Å². The topological polar surface area (TPSA) is 44.1 Å². The fraction of sp³-hybridized carbons (Fsp3) is 0.429. The van der Waals surface area contributed by atoms with E-state index in [1.165, 1.54) is 0 Å². The zero-order valence-electron chi connectivity index (χ0n) is 11.4. The number of alkyl halides is 1. The molecule has 0 spiro atoms. The van der Waals surface area contributed by atoms with Gasteiger partial charge in [0.15, 0.2) is 0 Å². The molecule has 1 aromatic carbocycles. The summed E-state index contributed by atoms with van der Waals surface area (Å²) >= 11 is 12.0. The normalized spacial score (nSPS) is 12.6. The molecular weight excluding hydrogens is 299 g/mol. The first kappa shape index (κ1) is 15.1. The molecule has 0 aliphatic heterocycles. The highest BCUT2D eigenvalue weighted by Crippen LogP contribution is 2.27. The lowest BCUT2D eigenvalue weighted by Gasteiger charge is -2.16. The summed E-state index contributed by atoms with van der Waals surface area (Å²) in [5.74, 6) is 0.877. The maximum absolute atomic E-state index is 12.0. The van der Waals surface area contributed by atoms with E-state index in [9.17, 15) is 4.79 Å². The standard InChI is InChI=1S/C14H16Cl2N2O2/c1-3-20-14(19)9(2)18-11-6-4-5-10(16)13(11)17-12(18)7-8-15/h4-6,9H,3,7-8H2,1-2H3. The second kappa shape index (κ2) is 6.46. The lowest BCUT2D eigenvalue weighted by atomic mass is 10.2. The van der Waals surface area contributed by atoms with Gasteiger partial charge in [-0.05, 0) is 26.0 Å². The number of hydrogen-bond acceptors (Lipinski definition) is 3. The Labute approximate surface area is 127 Å². The number of rotatable bonds is 5. The van der Waals surface area contributed by atoms with Crippen molar-refractivity contribution >= 4 is 40.2 Å². The van der Waals surface area contributed by atoms with E-state index in [1.54, 1.807) is 19.9 Å². The number of halogens is 2. The summed E-state index contributed by atoms with van der Waals surface area (Å²) in [5.41, 5.74) is 1.50. The van der Waals surface area contributed by atoms with Crippen molar-refractivity contribution in [2.75, 3.05) is 12.5 Å². The van der Waals surface area contributed by atoms with Crippen molar-refractivity contribution in [3.05, 3.63) is 29.0 Å². The van der Waals surface area contributed by atoms with Crippen molar-refractivity contribution in [1.82, 2.24) is 9.55 Å². The monoisotopic (exact) mass is 314 g/mol. The minimum absolute atomic E-state index is 0.289. The van der Waals surface area contributed by atoms with Gasteiger partial charge in [-0.25, -0.2) is 9.78 Å². The maximum atomic E-state index is 12.0. The van der Waals surface area contributed by atoms with E-state index in [0.29, 0.717) is 29.4 Å². The van der Waals surface area contributed by atoms with Crippen LogP contribution in [-0.4, -0.2) is 28.0 Å². The van der Waals surface area contributed by atoms with Crippen LogP contribution in [0.3, 0.4) is 0 Å².